The van der Waals surface area contributed by atoms with Gasteiger partial charge in [-0.1, -0.05) is 12.5 Å². The highest BCUT2D eigenvalue weighted by atomic mass is 16.1. The summed E-state index contributed by atoms with van der Waals surface area (Å²) in [4.78, 5) is 11.6. The summed E-state index contributed by atoms with van der Waals surface area (Å²) >= 11 is 0. The molecule has 0 N–H and O–H groups in total. The van der Waals surface area contributed by atoms with Crippen molar-refractivity contribution >= 4 is 5.78 Å². The van der Waals surface area contributed by atoms with E-state index in [0.29, 0.717) is 5.78 Å². The molecule has 2 bridgehead atoms. The molecule has 0 aromatic rings. The van der Waals surface area contributed by atoms with Crippen molar-refractivity contribution in [3.8, 4) is 0 Å². The SMILES string of the molecule is C=CCCC(=O)CC1CC2CCC1C2. The average molecular weight is 192 g/mol. The molecule has 0 aliphatic heterocycles. The van der Waals surface area contributed by atoms with Gasteiger partial charge in [-0.15, -0.1) is 6.58 Å². The van der Waals surface area contributed by atoms with E-state index in [0.717, 1.165) is 37.0 Å². The van der Waals surface area contributed by atoms with E-state index in [-0.39, 0.29) is 0 Å². The van der Waals surface area contributed by atoms with Crippen molar-refractivity contribution in [1.29, 1.82) is 0 Å². The molecule has 3 atom stereocenters. The zero-order valence-electron chi connectivity index (χ0n) is 8.87. The van der Waals surface area contributed by atoms with E-state index < -0.39 is 0 Å². The van der Waals surface area contributed by atoms with Crippen LogP contribution in [-0.2, 0) is 4.79 Å². The molecule has 2 aliphatic carbocycles. The van der Waals surface area contributed by atoms with Crippen molar-refractivity contribution < 1.29 is 4.79 Å². The average Bonchev–Trinajstić information content (AvgIpc) is 2.76. The fourth-order valence-electron chi connectivity index (χ4n) is 3.28. The highest BCUT2D eigenvalue weighted by molar-refractivity contribution is 5.78. The van der Waals surface area contributed by atoms with Gasteiger partial charge >= 0.3 is 0 Å². The summed E-state index contributed by atoms with van der Waals surface area (Å²) < 4.78 is 0. The first-order chi connectivity index (χ1) is 6.79. The van der Waals surface area contributed by atoms with Crippen LogP contribution in [0.2, 0.25) is 0 Å². The van der Waals surface area contributed by atoms with E-state index in [1.54, 1.807) is 0 Å². The smallest absolute Gasteiger partial charge is 0.133 e. The monoisotopic (exact) mass is 192 g/mol. The number of carbonyl (C=O) groups is 1. The molecule has 0 spiro atoms. The number of allylic oxidation sites excluding steroid dienone is 1. The molecule has 0 heterocycles. The Labute approximate surface area is 86.6 Å². The minimum atomic E-state index is 0.461. The number of rotatable bonds is 5. The lowest BCUT2D eigenvalue weighted by Crippen LogP contribution is -2.14. The summed E-state index contributed by atoms with van der Waals surface area (Å²) in [7, 11) is 0. The molecule has 2 rings (SSSR count). The predicted molar refractivity (Wildman–Crippen MR) is 58.0 cm³/mol. The summed E-state index contributed by atoms with van der Waals surface area (Å²) in [6.45, 7) is 3.65. The lowest BCUT2D eigenvalue weighted by atomic mass is 9.84. The van der Waals surface area contributed by atoms with Crippen LogP contribution in [-0.4, -0.2) is 5.78 Å². The summed E-state index contributed by atoms with van der Waals surface area (Å²) in [5.41, 5.74) is 0. The van der Waals surface area contributed by atoms with Crippen LogP contribution in [0.5, 0.6) is 0 Å². The maximum Gasteiger partial charge on any atom is 0.133 e. The van der Waals surface area contributed by atoms with Crippen molar-refractivity contribution in [1.82, 2.24) is 0 Å². The highest BCUT2D eigenvalue weighted by Gasteiger charge is 2.39. The topological polar surface area (TPSA) is 17.1 Å². The number of Topliss-reactive ketones (excluding diaryl/α,β-unsaturated/α-hetero) is 1. The van der Waals surface area contributed by atoms with Crippen LogP contribution >= 0.6 is 0 Å². The van der Waals surface area contributed by atoms with E-state index in [1.807, 2.05) is 6.08 Å². The molecule has 2 aliphatic rings. The molecule has 1 heteroatoms. The van der Waals surface area contributed by atoms with Gasteiger partial charge in [0, 0.05) is 12.8 Å². The lowest BCUT2D eigenvalue weighted by Gasteiger charge is -2.20. The summed E-state index contributed by atoms with van der Waals surface area (Å²) in [6, 6.07) is 0. The lowest BCUT2D eigenvalue weighted by molar-refractivity contribution is -0.120. The summed E-state index contributed by atoms with van der Waals surface area (Å²) in [5.74, 6) is 3.07. The highest BCUT2D eigenvalue weighted by Crippen LogP contribution is 2.49. The van der Waals surface area contributed by atoms with Gasteiger partial charge in [0.05, 0.1) is 0 Å². The van der Waals surface area contributed by atoms with Gasteiger partial charge in [-0.25, -0.2) is 0 Å². The molecule has 14 heavy (non-hydrogen) atoms. The fourth-order valence-corrected chi connectivity index (χ4v) is 3.28. The molecular weight excluding hydrogens is 172 g/mol. The van der Waals surface area contributed by atoms with E-state index in [2.05, 4.69) is 6.58 Å². The van der Waals surface area contributed by atoms with Crippen LogP contribution in [0.3, 0.4) is 0 Å². The second-order valence-electron chi connectivity index (χ2n) is 5.01. The molecular formula is C13H20O. The Morgan fingerprint density at radius 1 is 1.36 bits per heavy atom. The van der Waals surface area contributed by atoms with E-state index in [9.17, 15) is 4.79 Å². The van der Waals surface area contributed by atoms with Gasteiger partial charge < -0.3 is 0 Å². The minimum Gasteiger partial charge on any atom is -0.300 e. The number of hydrogen-bond donors (Lipinski definition) is 0. The van der Waals surface area contributed by atoms with Gasteiger partial charge in [0.25, 0.3) is 0 Å². The predicted octanol–water partition coefficient (Wildman–Crippen LogP) is 3.35. The van der Waals surface area contributed by atoms with Crippen molar-refractivity contribution in [2.75, 3.05) is 0 Å². The third kappa shape index (κ3) is 2.08. The molecule has 0 amide bonds. The van der Waals surface area contributed by atoms with Crippen LogP contribution in [0.15, 0.2) is 12.7 Å². The molecule has 0 radical (unpaired) electrons. The molecule has 1 nitrogen and oxygen atoms in total. The third-order valence-electron chi connectivity index (χ3n) is 4.00. The second-order valence-corrected chi connectivity index (χ2v) is 5.01. The normalized spacial score (nSPS) is 34.7. The van der Waals surface area contributed by atoms with E-state index in [1.165, 1.54) is 25.7 Å². The molecule has 0 aromatic heterocycles. The van der Waals surface area contributed by atoms with Crippen LogP contribution in [0.1, 0.15) is 44.9 Å². The summed E-state index contributed by atoms with van der Waals surface area (Å²) in [6.07, 6.45) is 9.86. The largest absolute Gasteiger partial charge is 0.300 e. The maximum atomic E-state index is 11.6. The number of carbonyl (C=O) groups excluding carboxylic acids is 1. The van der Waals surface area contributed by atoms with Crippen molar-refractivity contribution in [2.45, 2.75) is 44.9 Å². The Bertz CT molecular complexity index is 231. The molecule has 2 fully saturated rings. The van der Waals surface area contributed by atoms with Crippen molar-refractivity contribution in [3.63, 3.8) is 0 Å². The van der Waals surface area contributed by atoms with Gasteiger partial charge in [0.15, 0.2) is 0 Å². The zero-order valence-corrected chi connectivity index (χ0v) is 8.87. The van der Waals surface area contributed by atoms with Crippen LogP contribution in [0.25, 0.3) is 0 Å². The summed E-state index contributed by atoms with van der Waals surface area (Å²) in [5, 5.41) is 0. The molecule has 2 saturated carbocycles. The Kier molecular flexibility index (Phi) is 3.05. The van der Waals surface area contributed by atoms with Gasteiger partial charge in [0.2, 0.25) is 0 Å². The van der Waals surface area contributed by atoms with Gasteiger partial charge in [-0.3, -0.25) is 4.79 Å². The van der Waals surface area contributed by atoms with Crippen LogP contribution in [0, 0.1) is 17.8 Å². The molecule has 0 aromatic carbocycles. The molecule has 3 unspecified atom stereocenters. The third-order valence-corrected chi connectivity index (χ3v) is 4.00. The number of ketones is 1. The Morgan fingerprint density at radius 2 is 2.21 bits per heavy atom. The second kappa shape index (κ2) is 4.29. The number of fused-ring (bicyclic) bond motifs is 2. The van der Waals surface area contributed by atoms with E-state index >= 15 is 0 Å². The Balaban J connectivity index is 1.75. The molecule has 0 saturated heterocycles. The van der Waals surface area contributed by atoms with E-state index in [4.69, 9.17) is 0 Å². The van der Waals surface area contributed by atoms with Crippen LogP contribution in [0.4, 0.5) is 0 Å². The quantitative estimate of drug-likeness (QED) is 0.610. The maximum absolute atomic E-state index is 11.6. The van der Waals surface area contributed by atoms with Crippen molar-refractivity contribution in [2.24, 2.45) is 17.8 Å². The first kappa shape index (κ1) is 9.95. The van der Waals surface area contributed by atoms with Gasteiger partial charge in [-0.2, -0.15) is 0 Å². The molecule has 78 valence electrons. The zero-order chi connectivity index (χ0) is 9.97. The first-order valence-corrected chi connectivity index (χ1v) is 5.92. The fraction of sp³-hybridized carbons (Fsp3) is 0.769. The standard InChI is InChI=1S/C13H20O/c1-2-3-4-13(14)9-12-8-10-5-6-11(12)7-10/h2,10-12H,1,3-9H2. The van der Waals surface area contributed by atoms with Crippen LogP contribution < -0.4 is 0 Å². The van der Waals surface area contributed by atoms with Gasteiger partial charge in [0.1, 0.15) is 5.78 Å². The van der Waals surface area contributed by atoms with Crippen molar-refractivity contribution in [3.05, 3.63) is 12.7 Å². The minimum absolute atomic E-state index is 0.461. The van der Waals surface area contributed by atoms with Gasteiger partial charge in [-0.05, 0) is 43.4 Å². The first-order valence-electron chi connectivity index (χ1n) is 5.92. The Morgan fingerprint density at radius 3 is 2.79 bits per heavy atom. The Hall–Kier alpha value is -0.590. The number of hydrogen-bond acceptors (Lipinski definition) is 1.